The number of carbonyl (C=O) groups is 2. The second-order valence-corrected chi connectivity index (χ2v) is 5.50. The lowest BCUT2D eigenvalue weighted by atomic mass is 9.96. The van der Waals surface area contributed by atoms with Gasteiger partial charge >= 0.3 is 6.03 Å². The van der Waals surface area contributed by atoms with Crippen LogP contribution < -0.4 is 5.32 Å². The van der Waals surface area contributed by atoms with Gasteiger partial charge in [0.05, 0.1) is 5.52 Å². The third-order valence-corrected chi connectivity index (χ3v) is 4.25. The lowest BCUT2D eigenvalue weighted by Gasteiger charge is -2.30. The van der Waals surface area contributed by atoms with E-state index in [0.29, 0.717) is 13.0 Å². The van der Waals surface area contributed by atoms with Gasteiger partial charge in [-0.05, 0) is 37.1 Å². The number of fused-ring (bicyclic) bond motifs is 1. The maximum absolute atomic E-state index is 12.0. The van der Waals surface area contributed by atoms with Gasteiger partial charge in [0.2, 0.25) is 0 Å². The molecule has 5 heteroatoms. The topological polar surface area (TPSA) is 62.3 Å². The maximum Gasteiger partial charge on any atom is 0.325 e. The van der Waals surface area contributed by atoms with Crippen molar-refractivity contribution in [1.82, 2.24) is 15.2 Å². The molecule has 5 nitrogen and oxygen atoms in total. The SMILES string of the molecule is CCC1(C)C(=O)NC(=O)N1Cc1ccc2ncccc2c1. The Kier molecular flexibility index (Phi) is 3.12. The lowest BCUT2D eigenvalue weighted by molar-refractivity contribution is -0.126. The van der Waals surface area contributed by atoms with Crippen molar-refractivity contribution in [3.05, 3.63) is 42.1 Å². The number of aromatic nitrogens is 1. The van der Waals surface area contributed by atoms with E-state index >= 15 is 0 Å². The molecule has 108 valence electrons. The third kappa shape index (κ3) is 2.14. The van der Waals surface area contributed by atoms with Crippen LogP contribution in [0.2, 0.25) is 0 Å². The van der Waals surface area contributed by atoms with Crippen LogP contribution in [-0.4, -0.2) is 27.4 Å². The fraction of sp³-hybridized carbons (Fsp3) is 0.312. The van der Waals surface area contributed by atoms with Crippen molar-refractivity contribution in [3.63, 3.8) is 0 Å². The number of carbonyl (C=O) groups excluding carboxylic acids is 2. The standard InChI is InChI=1S/C16H17N3O2/c1-3-16(2)14(20)18-15(21)19(16)10-11-6-7-13-12(9-11)5-4-8-17-13/h4-9H,3,10H2,1-2H3,(H,18,20,21). The molecule has 0 bridgehead atoms. The van der Waals surface area contributed by atoms with Crippen LogP contribution in [0.3, 0.4) is 0 Å². The Morgan fingerprint density at radius 3 is 2.86 bits per heavy atom. The van der Waals surface area contributed by atoms with Gasteiger partial charge in [0.25, 0.3) is 5.91 Å². The molecule has 2 heterocycles. The number of hydrogen-bond donors (Lipinski definition) is 1. The number of benzene rings is 1. The zero-order valence-corrected chi connectivity index (χ0v) is 12.1. The van der Waals surface area contributed by atoms with Crippen LogP contribution in [-0.2, 0) is 11.3 Å². The highest BCUT2D eigenvalue weighted by Gasteiger charge is 2.47. The number of urea groups is 1. The van der Waals surface area contributed by atoms with Crippen LogP contribution in [0, 0.1) is 0 Å². The van der Waals surface area contributed by atoms with Crippen LogP contribution >= 0.6 is 0 Å². The van der Waals surface area contributed by atoms with Crippen molar-refractivity contribution in [2.24, 2.45) is 0 Å². The monoisotopic (exact) mass is 283 g/mol. The van der Waals surface area contributed by atoms with Gasteiger partial charge in [0.1, 0.15) is 5.54 Å². The van der Waals surface area contributed by atoms with Crippen molar-refractivity contribution in [1.29, 1.82) is 0 Å². The minimum Gasteiger partial charge on any atom is -0.306 e. The molecule has 1 aliphatic heterocycles. The Balaban J connectivity index is 1.94. The molecule has 1 aromatic heterocycles. The Labute approximate surface area is 123 Å². The van der Waals surface area contributed by atoms with Crippen molar-refractivity contribution in [3.8, 4) is 0 Å². The molecule has 1 aromatic carbocycles. The average molecular weight is 283 g/mol. The predicted octanol–water partition coefficient (Wildman–Crippen LogP) is 2.46. The summed E-state index contributed by atoms with van der Waals surface area (Å²) in [6.45, 7) is 4.12. The van der Waals surface area contributed by atoms with E-state index in [9.17, 15) is 9.59 Å². The lowest BCUT2D eigenvalue weighted by Crippen LogP contribution is -2.45. The van der Waals surface area contributed by atoms with Crippen LogP contribution in [0.4, 0.5) is 4.79 Å². The quantitative estimate of drug-likeness (QED) is 0.880. The third-order valence-electron chi connectivity index (χ3n) is 4.25. The van der Waals surface area contributed by atoms with Gasteiger partial charge in [0.15, 0.2) is 0 Å². The first-order valence-corrected chi connectivity index (χ1v) is 7.01. The van der Waals surface area contributed by atoms with Crippen molar-refractivity contribution < 1.29 is 9.59 Å². The second kappa shape index (κ2) is 4.84. The van der Waals surface area contributed by atoms with Gasteiger partial charge in [-0.3, -0.25) is 15.1 Å². The number of nitrogens with one attached hydrogen (secondary N) is 1. The summed E-state index contributed by atoms with van der Waals surface area (Å²) in [7, 11) is 0. The summed E-state index contributed by atoms with van der Waals surface area (Å²) < 4.78 is 0. The predicted molar refractivity (Wildman–Crippen MR) is 79.5 cm³/mol. The molecular formula is C16H17N3O2. The van der Waals surface area contributed by atoms with Gasteiger partial charge in [-0.15, -0.1) is 0 Å². The van der Waals surface area contributed by atoms with Gasteiger partial charge in [-0.2, -0.15) is 0 Å². The summed E-state index contributed by atoms with van der Waals surface area (Å²) in [4.78, 5) is 29.9. The summed E-state index contributed by atoms with van der Waals surface area (Å²) >= 11 is 0. The number of imide groups is 1. The van der Waals surface area contributed by atoms with E-state index in [1.807, 2.05) is 37.3 Å². The molecule has 1 atom stereocenters. The number of hydrogen-bond acceptors (Lipinski definition) is 3. The van der Waals surface area contributed by atoms with Crippen molar-refractivity contribution in [2.75, 3.05) is 0 Å². The largest absolute Gasteiger partial charge is 0.325 e. The summed E-state index contributed by atoms with van der Waals surface area (Å²) in [5.74, 6) is -0.225. The van der Waals surface area contributed by atoms with E-state index in [1.54, 1.807) is 18.0 Å². The summed E-state index contributed by atoms with van der Waals surface area (Å²) in [5, 5.41) is 3.43. The fourth-order valence-electron chi connectivity index (χ4n) is 2.65. The van der Waals surface area contributed by atoms with E-state index in [4.69, 9.17) is 0 Å². The molecule has 3 amide bonds. The molecule has 1 N–H and O–H groups in total. The van der Waals surface area contributed by atoms with Gasteiger partial charge in [-0.25, -0.2) is 4.79 Å². The molecule has 1 aliphatic rings. The smallest absolute Gasteiger partial charge is 0.306 e. The second-order valence-electron chi connectivity index (χ2n) is 5.50. The Morgan fingerprint density at radius 1 is 1.29 bits per heavy atom. The first kappa shape index (κ1) is 13.5. The molecule has 21 heavy (non-hydrogen) atoms. The Bertz CT molecular complexity index is 728. The van der Waals surface area contributed by atoms with E-state index in [-0.39, 0.29) is 11.9 Å². The number of nitrogens with zero attached hydrogens (tertiary/aromatic N) is 2. The van der Waals surface area contributed by atoms with Crippen LogP contribution in [0.15, 0.2) is 36.5 Å². The van der Waals surface area contributed by atoms with Gasteiger partial charge < -0.3 is 4.90 Å². The van der Waals surface area contributed by atoms with Crippen molar-refractivity contribution >= 4 is 22.8 Å². The van der Waals surface area contributed by atoms with Crippen molar-refractivity contribution in [2.45, 2.75) is 32.4 Å². The average Bonchev–Trinajstić information content (AvgIpc) is 2.71. The maximum atomic E-state index is 12.0. The highest BCUT2D eigenvalue weighted by atomic mass is 16.2. The first-order valence-electron chi connectivity index (χ1n) is 7.01. The number of amides is 3. The molecule has 0 aliphatic carbocycles. The minimum absolute atomic E-state index is 0.225. The molecule has 1 unspecified atom stereocenters. The normalized spacial score (nSPS) is 21.9. The van der Waals surface area contributed by atoms with Gasteiger partial charge in [-0.1, -0.05) is 19.1 Å². The Hall–Kier alpha value is -2.43. The molecular weight excluding hydrogens is 266 g/mol. The zero-order valence-electron chi connectivity index (χ0n) is 12.1. The summed E-state index contributed by atoms with van der Waals surface area (Å²) in [5.41, 5.74) is 1.13. The molecule has 0 saturated carbocycles. The van der Waals surface area contributed by atoms with E-state index < -0.39 is 5.54 Å². The number of rotatable bonds is 3. The Morgan fingerprint density at radius 2 is 2.10 bits per heavy atom. The van der Waals surface area contributed by atoms with E-state index in [1.165, 1.54) is 0 Å². The van der Waals surface area contributed by atoms with Crippen LogP contribution in [0.25, 0.3) is 10.9 Å². The molecule has 1 fully saturated rings. The highest BCUT2D eigenvalue weighted by Crippen LogP contribution is 2.27. The van der Waals surface area contributed by atoms with Crippen LogP contribution in [0.1, 0.15) is 25.8 Å². The molecule has 0 radical (unpaired) electrons. The highest BCUT2D eigenvalue weighted by molar-refractivity contribution is 6.06. The summed E-state index contributed by atoms with van der Waals surface area (Å²) in [6, 6.07) is 9.43. The fourth-order valence-corrected chi connectivity index (χ4v) is 2.65. The minimum atomic E-state index is -0.777. The van der Waals surface area contributed by atoms with Gasteiger partial charge in [0, 0.05) is 18.1 Å². The number of pyridine rings is 1. The molecule has 2 aromatic rings. The molecule has 0 spiro atoms. The zero-order chi connectivity index (χ0) is 15.0. The molecule has 3 rings (SSSR count). The van der Waals surface area contributed by atoms with E-state index in [0.717, 1.165) is 16.5 Å². The van der Waals surface area contributed by atoms with Crippen LogP contribution in [0.5, 0.6) is 0 Å². The molecule has 1 saturated heterocycles. The summed E-state index contributed by atoms with van der Waals surface area (Å²) in [6.07, 6.45) is 2.34. The van der Waals surface area contributed by atoms with E-state index in [2.05, 4.69) is 10.3 Å². The first-order chi connectivity index (χ1) is 10.0.